The molecule has 0 unspecified atom stereocenters. The van der Waals surface area contributed by atoms with Crippen LogP contribution in [0.15, 0.2) is 18.2 Å². The molecule has 0 bridgehead atoms. The topological polar surface area (TPSA) is 43.4 Å². The molecule has 0 aliphatic carbocycles. The molecule has 0 aromatic heterocycles. The van der Waals surface area contributed by atoms with Gasteiger partial charge in [-0.1, -0.05) is 17.7 Å². The summed E-state index contributed by atoms with van der Waals surface area (Å²) in [5.41, 5.74) is -2.14. The number of hydrogen-bond donors (Lipinski definition) is 0. The molecule has 0 saturated heterocycles. The van der Waals surface area contributed by atoms with Crippen molar-refractivity contribution in [2.75, 3.05) is 6.61 Å². The smallest absolute Gasteiger partial charge is 0.417 e. The molecule has 1 rings (SSSR count). The van der Waals surface area contributed by atoms with Crippen LogP contribution in [0.2, 0.25) is 5.02 Å². The number of rotatable bonds is 3. The predicted molar refractivity (Wildman–Crippen MR) is 57.4 cm³/mol. The van der Waals surface area contributed by atoms with Crippen LogP contribution in [0.1, 0.15) is 22.8 Å². The van der Waals surface area contributed by atoms with Gasteiger partial charge in [-0.05, 0) is 19.1 Å². The van der Waals surface area contributed by atoms with Gasteiger partial charge in [0.15, 0.2) is 0 Å². The number of esters is 1. The predicted octanol–water partition coefficient (Wildman–Crippen LogP) is 3.10. The van der Waals surface area contributed by atoms with Gasteiger partial charge in [-0.15, -0.1) is 0 Å². The molecule has 0 heterocycles. The fraction of sp³-hybridized carbons (Fsp3) is 0.273. The summed E-state index contributed by atoms with van der Waals surface area (Å²) >= 11 is 5.55. The summed E-state index contributed by atoms with van der Waals surface area (Å²) < 4.78 is 42.4. The minimum atomic E-state index is -4.78. The second kappa shape index (κ2) is 5.39. The third-order valence-corrected chi connectivity index (χ3v) is 2.32. The molecule has 0 aliphatic rings. The Morgan fingerprint density at radius 2 is 1.94 bits per heavy atom. The highest BCUT2D eigenvalue weighted by Crippen LogP contribution is 2.35. The first-order valence-electron chi connectivity index (χ1n) is 4.86. The molecular weight excluding hydrogens is 273 g/mol. The van der Waals surface area contributed by atoms with Crippen LogP contribution in [-0.2, 0) is 15.7 Å². The standard InChI is InChI=1S/C11H8ClF3O3/c1-2-18-10(17)9(16)8-6(11(13,14)15)4-3-5-7(8)12/h3-5H,2H2,1H3. The molecule has 0 atom stereocenters. The maximum Gasteiger partial charge on any atom is 0.417 e. The van der Waals surface area contributed by atoms with Crippen molar-refractivity contribution in [2.45, 2.75) is 13.1 Å². The molecule has 0 aliphatic heterocycles. The van der Waals surface area contributed by atoms with E-state index < -0.39 is 34.1 Å². The van der Waals surface area contributed by atoms with E-state index in [4.69, 9.17) is 11.6 Å². The first-order chi connectivity index (χ1) is 8.29. The van der Waals surface area contributed by atoms with E-state index in [9.17, 15) is 22.8 Å². The number of carbonyl (C=O) groups excluding carboxylic acids is 2. The van der Waals surface area contributed by atoms with E-state index in [0.717, 1.165) is 12.1 Å². The second-order valence-corrected chi connectivity index (χ2v) is 3.62. The van der Waals surface area contributed by atoms with Crippen molar-refractivity contribution in [3.63, 3.8) is 0 Å². The lowest BCUT2D eigenvalue weighted by molar-refractivity contribution is -0.139. The van der Waals surface area contributed by atoms with E-state index in [-0.39, 0.29) is 6.61 Å². The monoisotopic (exact) mass is 280 g/mol. The average Bonchev–Trinajstić information content (AvgIpc) is 2.27. The van der Waals surface area contributed by atoms with E-state index in [1.54, 1.807) is 0 Å². The van der Waals surface area contributed by atoms with Crippen LogP contribution < -0.4 is 0 Å². The van der Waals surface area contributed by atoms with Gasteiger partial charge in [0.1, 0.15) is 0 Å². The molecule has 0 amide bonds. The van der Waals surface area contributed by atoms with Gasteiger partial charge in [0, 0.05) is 0 Å². The van der Waals surface area contributed by atoms with Crippen molar-refractivity contribution in [1.29, 1.82) is 0 Å². The minimum Gasteiger partial charge on any atom is -0.460 e. The van der Waals surface area contributed by atoms with Gasteiger partial charge in [0.25, 0.3) is 5.78 Å². The van der Waals surface area contributed by atoms with Gasteiger partial charge in [-0.25, -0.2) is 4.79 Å². The van der Waals surface area contributed by atoms with E-state index >= 15 is 0 Å². The Bertz CT molecular complexity index is 483. The zero-order chi connectivity index (χ0) is 13.9. The van der Waals surface area contributed by atoms with Gasteiger partial charge >= 0.3 is 12.1 Å². The number of ketones is 1. The fourth-order valence-electron chi connectivity index (χ4n) is 1.29. The number of ether oxygens (including phenoxy) is 1. The summed E-state index contributed by atoms with van der Waals surface area (Å²) in [6.07, 6.45) is -4.78. The molecule has 1 aromatic rings. The zero-order valence-corrected chi connectivity index (χ0v) is 9.93. The van der Waals surface area contributed by atoms with Crippen molar-refractivity contribution in [3.8, 4) is 0 Å². The maximum absolute atomic E-state index is 12.7. The van der Waals surface area contributed by atoms with E-state index in [2.05, 4.69) is 4.74 Å². The molecule has 0 radical (unpaired) electrons. The fourth-order valence-corrected chi connectivity index (χ4v) is 1.55. The molecule has 3 nitrogen and oxygen atoms in total. The molecule has 98 valence electrons. The number of hydrogen-bond acceptors (Lipinski definition) is 3. The summed E-state index contributed by atoms with van der Waals surface area (Å²) in [4.78, 5) is 22.7. The van der Waals surface area contributed by atoms with E-state index in [1.807, 2.05) is 0 Å². The zero-order valence-electron chi connectivity index (χ0n) is 9.18. The highest BCUT2D eigenvalue weighted by atomic mass is 35.5. The second-order valence-electron chi connectivity index (χ2n) is 3.21. The SMILES string of the molecule is CCOC(=O)C(=O)c1c(Cl)cccc1C(F)(F)F. The van der Waals surface area contributed by atoms with Crippen LogP contribution in [0.3, 0.4) is 0 Å². The van der Waals surface area contributed by atoms with Crippen molar-refractivity contribution >= 4 is 23.4 Å². The van der Waals surface area contributed by atoms with Gasteiger partial charge in [0.05, 0.1) is 22.8 Å². The summed E-state index contributed by atoms with van der Waals surface area (Å²) in [7, 11) is 0. The summed E-state index contributed by atoms with van der Waals surface area (Å²) in [6, 6.07) is 2.83. The lowest BCUT2D eigenvalue weighted by Crippen LogP contribution is -2.22. The van der Waals surface area contributed by atoms with Crippen LogP contribution in [0, 0.1) is 0 Å². The Morgan fingerprint density at radius 1 is 1.33 bits per heavy atom. The van der Waals surface area contributed by atoms with Crippen molar-refractivity contribution in [3.05, 3.63) is 34.3 Å². The summed E-state index contributed by atoms with van der Waals surface area (Å²) in [5, 5.41) is -0.442. The number of carbonyl (C=O) groups is 2. The summed E-state index contributed by atoms with van der Waals surface area (Å²) in [6.45, 7) is 1.32. The van der Waals surface area contributed by atoms with Crippen LogP contribution >= 0.6 is 11.6 Å². The summed E-state index contributed by atoms with van der Waals surface area (Å²) in [5.74, 6) is -2.77. The molecule has 7 heteroatoms. The Morgan fingerprint density at radius 3 is 2.44 bits per heavy atom. The van der Waals surface area contributed by atoms with Gasteiger partial charge in [-0.3, -0.25) is 4.79 Å². The number of benzene rings is 1. The Labute approximate surface area is 105 Å². The normalized spacial score (nSPS) is 11.2. The molecule has 0 N–H and O–H groups in total. The molecule has 0 spiro atoms. The maximum atomic E-state index is 12.7. The van der Waals surface area contributed by atoms with Gasteiger partial charge in [0.2, 0.25) is 0 Å². The number of Topliss-reactive ketones (excluding diaryl/α,β-unsaturated/α-hetero) is 1. The third kappa shape index (κ3) is 3.01. The molecule has 0 saturated carbocycles. The highest BCUT2D eigenvalue weighted by Gasteiger charge is 2.38. The Balaban J connectivity index is 3.31. The minimum absolute atomic E-state index is 0.115. The van der Waals surface area contributed by atoms with Crippen LogP contribution in [0.5, 0.6) is 0 Å². The largest absolute Gasteiger partial charge is 0.460 e. The van der Waals surface area contributed by atoms with E-state index in [0.29, 0.717) is 6.07 Å². The first-order valence-corrected chi connectivity index (χ1v) is 5.24. The highest BCUT2D eigenvalue weighted by molar-refractivity contribution is 6.45. The van der Waals surface area contributed by atoms with Crippen molar-refractivity contribution < 1.29 is 27.5 Å². The van der Waals surface area contributed by atoms with Crippen molar-refractivity contribution in [2.24, 2.45) is 0 Å². The molecular formula is C11H8ClF3O3. The van der Waals surface area contributed by atoms with Gasteiger partial charge in [-0.2, -0.15) is 13.2 Å². The van der Waals surface area contributed by atoms with E-state index in [1.165, 1.54) is 6.92 Å². The lowest BCUT2D eigenvalue weighted by atomic mass is 10.0. The number of halogens is 4. The van der Waals surface area contributed by atoms with Crippen LogP contribution in [0.25, 0.3) is 0 Å². The van der Waals surface area contributed by atoms with Gasteiger partial charge < -0.3 is 4.74 Å². The molecule has 18 heavy (non-hydrogen) atoms. The third-order valence-electron chi connectivity index (χ3n) is 2.01. The first kappa shape index (κ1) is 14.5. The Kier molecular flexibility index (Phi) is 4.34. The quantitative estimate of drug-likeness (QED) is 0.485. The van der Waals surface area contributed by atoms with Crippen molar-refractivity contribution in [1.82, 2.24) is 0 Å². The Hall–Kier alpha value is -1.56. The average molecular weight is 281 g/mol. The van der Waals surface area contributed by atoms with Crippen LogP contribution in [0.4, 0.5) is 13.2 Å². The lowest BCUT2D eigenvalue weighted by Gasteiger charge is -2.12. The molecule has 1 aromatic carbocycles. The molecule has 0 fully saturated rings. The van der Waals surface area contributed by atoms with Crippen LogP contribution in [-0.4, -0.2) is 18.4 Å². The number of alkyl halides is 3.